The molecule has 0 bridgehead atoms. The molecule has 1 saturated heterocycles. The summed E-state index contributed by atoms with van der Waals surface area (Å²) in [5.41, 5.74) is 4.00. The number of hydrogen-bond donors (Lipinski definition) is 1. The van der Waals surface area contributed by atoms with Gasteiger partial charge in [-0.25, -0.2) is 9.79 Å². The number of nitrogens with one attached hydrogen (secondary N) is 1. The Morgan fingerprint density at radius 1 is 0.897 bits per heavy atom. The molecule has 0 spiro atoms. The Balaban J connectivity index is 1.13. The van der Waals surface area contributed by atoms with Crippen LogP contribution in [-0.4, -0.2) is 57.3 Å². The highest BCUT2D eigenvalue weighted by Gasteiger charge is 2.46. The van der Waals surface area contributed by atoms with E-state index in [0.717, 1.165) is 66.9 Å². The fraction of sp³-hybridized carbons (Fsp3) is 0.344. The zero-order valence-electron chi connectivity index (χ0n) is 22.6. The van der Waals surface area contributed by atoms with Crippen molar-refractivity contribution < 1.29 is 4.79 Å². The van der Waals surface area contributed by atoms with Crippen LogP contribution < -0.4 is 5.69 Å². The highest BCUT2D eigenvalue weighted by atomic mass is 16.2. The molecule has 200 valence electrons. The van der Waals surface area contributed by atoms with Crippen molar-refractivity contribution in [1.29, 1.82) is 0 Å². The summed E-state index contributed by atoms with van der Waals surface area (Å²) in [6.07, 6.45) is 2.73. The number of aromatic nitrogens is 2. The Hall–Kier alpha value is -3.97. The minimum atomic E-state index is -0.924. The van der Waals surface area contributed by atoms with Gasteiger partial charge in [-0.3, -0.25) is 14.3 Å². The lowest BCUT2D eigenvalue weighted by Gasteiger charge is -2.33. The van der Waals surface area contributed by atoms with Gasteiger partial charge in [-0.1, -0.05) is 72.3 Å². The third kappa shape index (κ3) is 4.72. The summed E-state index contributed by atoms with van der Waals surface area (Å²) >= 11 is 0. The number of aromatic amines is 1. The maximum absolute atomic E-state index is 13.8. The molecule has 3 heterocycles. The normalized spacial score (nSPS) is 20.6. The smallest absolute Gasteiger partial charge is 0.306 e. The van der Waals surface area contributed by atoms with E-state index in [0.29, 0.717) is 6.54 Å². The van der Waals surface area contributed by atoms with Crippen molar-refractivity contribution in [3.63, 3.8) is 0 Å². The number of fused-ring (bicyclic) bond motifs is 1. The van der Waals surface area contributed by atoms with Crippen LogP contribution in [0.2, 0.25) is 0 Å². The van der Waals surface area contributed by atoms with E-state index in [1.165, 1.54) is 5.56 Å². The van der Waals surface area contributed by atoms with Gasteiger partial charge < -0.3 is 9.88 Å². The Morgan fingerprint density at radius 3 is 2.33 bits per heavy atom. The highest BCUT2D eigenvalue weighted by molar-refractivity contribution is 6.15. The third-order valence-corrected chi connectivity index (χ3v) is 8.29. The molecule has 4 aromatic rings. The number of carbonyl (C=O) groups is 1. The molecule has 0 radical (unpaired) electrons. The molecule has 2 aliphatic rings. The minimum Gasteiger partial charge on any atom is -0.306 e. The number of aliphatic imine (C=N–C) groups is 1. The molecule has 6 rings (SSSR count). The van der Waals surface area contributed by atoms with Gasteiger partial charge >= 0.3 is 5.69 Å². The summed E-state index contributed by atoms with van der Waals surface area (Å²) in [5.74, 6) is 0.783. The van der Waals surface area contributed by atoms with Gasteiger partial charge in [0.05, 0.1) is 11.0 Å². The average Bonchev–Trinajstić information content (AvgIpc) is 3.43. The van der Waals surface area contributed by atoms with E-state index in [1.54, 1.807) is 0 Å². The van der Waals surface area contributed by atoms with Crippen molar-refractivity contribution in [3.8, 4) is 0 Å². The molecule has 1 amide bonds. The first-order valence-corrected chi connectivity index (χ1v) is 13.9. The Morgan fingerprint density at radius 2 is 1.59 bits per heavy atom. The van der Waals surface area contributed by atoms with E-state index in [9.17, 15) is 9.59 Å². The van der Waals surface area contributed by atoms with E-state index >= 15 is 0 Å². The van der Waals surface area contributed by atoms with Gasteiger partial charge in [-0.15, -0.1) is 0 Å². The van der Waals surface area contributed by atoms with Crippen molar-refractivity contribution in [1.82, 2.24) is 19.4 Å². The number of imidazole rings is 1. The average molecular weight is 522 g/mol. The second-order valence-corrected chi connectivity index (χ2v) is 10.9. The molecular weight excluding hydrogens is 486 g/mol. The van der Waals surface area contributed by atoms with E-state index in [2.05, 4.69) is 41.1 Å². The van der Waals surface area contributed by atoms with Crippen LogP contribution in [0.1, 0.15) is 48.9 Å². The number of hydrogen-bond acceptors (Lipinski definition) is 4. The number of amidine groups is 1. The highest BCUT2D eigenvalue weighted by Crippen LogP contribution is 2.35. The number of aryl methyl sites for hydroxylation is 1. The van der Waals surface area contributed by atoms with Gasteiger partial charge in [0.15, 0.2) is 5.54 Å². The van der Waals surface area contributed by atoms with Gasteiger partial charge in [0.25, 0.3) is 5.91 Å². The second kappa shape index (κ2) is 10.3. The van der Waals surface area contributed by atoms with Crippen LogP contribution in [-0.2, 0) is 10.3 Å². The fourth-order valence-electron chi connectivity index (χ4n) is 6.05. The topological polar surface area (TPSA) is 73.7 Å². The number of H-pyrrole nitrogens is 1. The second-order valence-electron chi connectivity index (χ2n) is 10.9. The van der Waals surface area contributed by atoms with Gasteiger partial charge in [0, 0.05) is 31.2 Å². The number of para-hydroxylation sites is 2. The quantitative estimate of drug-likeness (QED) is 0.377. The number of nitrogens with zero attached hydrogens (tertiary/aromatic N) is 4. The predicted octanol–water partition coefficient (Wildman–Crippen LogP) is 4.87. The first-order valence-electron chi connectivity index (χ1n) is 13.9. The molecule has 1 aromatic heterocycles. The van der Waals surface area contributed by atoms with Crippen LogP contribution in [0.4, 0.5) is 0 Å². The van der Waals surface area contributed by atoms with Crippen molar-refractivity contribution in [3.05, 3.63) is 106 Å². The molecule has 0 aliphatic carbocycles. The molecule has 39 heavy (non-hydrogen) atoms. The monoisotopic (exact) mass is 521 g/mol. The standard InChI is InChI=1S/C32H35N5O2/c1-23-13-15-24(16-14-23)29-34-32(2,25-9-4-3-5-10-25)30(38)36(29)20-8-19-35-21-17-26(18-22-35)37-28-12-7-6-11-27(28)33-31(37)39/h3-7,9-16,26H,8,17-22H2,1-2H3,(H,33,39). The number of benzene rings is 3. The molecule has 0 saturated carbocycles. The Bertz CT molecular complexity index is 1560. The van der Waals surface area contributed by atoms with E-state index in [-0.39, 0.29) is 17.6 Å². The summed E-state index contributed by atoms with van der Waals surface area (Å²) in [6, 6.07) is 26.2. The molecule has 1 fully saturated rings. The zero-order valence-corrected chi connectivity index (χ0v) is 22.6. The van der Waals surface area contributed by atoms with Crippen molar-refractivity contribution in [2.45, 2.75) is 44.7 Å². The predicted molar refractivity (Wildman–Crippen MR) is 155 cm³/mol. The maximum atomic E-state index is 13.8. The number of likely N-dealkylation sites (tertiary alicyclic amines) is 1. The number of carbonyl (C=O) groups excluding carboxylic acids is 1. The molecule has 7 nitrogen and oxygen atoms in total. The molecule has 1 unspecified atom stereocenters. The van der Waals surface area contributed by atoms with E-state index in [1.807, 2.05) is 71.0 Å². The van der Waals surface area contributed by atoms with Gasteiger partial charge in [0.2, 0.25) is 0 Å². The summed E-state index contributed by atoms with van der Waals surface area (Å²) in [4.78, 5) is 38.8. The number of piperidine rings is 1. The molecule has 1 N–H and O–H groups in total. The van der Waals surface area contributed by atoms with Crippen LogP contribution in [0.25, 0.3) is 11.0 Å². The van der Waals surface area contributed by atoms with Gasteiger partial charge in [-0.2, -0.15) is 0 Å². The van der Waals surface area contributed by atoms with Gasteiger partial charge in [0.1, 0.15) is 5.84 Å². The van der Waals surface area contributed by atoms with Crippen LogP contribution >= 0.6 is 0 Å². The van der Waals surface area contributed by atoms with Gasteiger partial charge in [-0.05, 0) is 57.4 Å². The first-order chi connectivity index (χ1) is 18.9. The SMILES string of the molecule is Cc1ccc(C2=NC(C)(c3ccccc3)C(=O)N2CCCN2CCC(n3c(=O)[nH]c4ccccc43)CC2)cc1. The molecule has 3 aromatic carbocycles. The Kier molecular flexibility index (Phi) is 6.69. The summed E-state index contributed by atoms with van der Waals surface area (Å²) in [6.45, 7) is 7.39. The summed E-state index contributed by atoms with van der Waals surface area (Å²) in [5, 5.41) is 0. The molecular formula is C32H35N5O2. The first kappa shape index (κ1) is 25.3. The number of amides is 1. The lowest BCUT2D eigenvalue weighted by molar-refractivity contribution is -0.131. The zero-order chi connectivity index (χ0) is 27.0. The summed E-state index contributed by atoms with van der Waals surface area (Å²) < 4.78 is 1.93. The van der Waals surface area contributed by atoms with Crippen molar-refractivity contribution in [2.24, 2.45) is 4.99 Å². The largest absolute Gasteiger partial charge is 0.326 e. The van der Waals surface area contributed by atoms with Crippen LogP contribution in [0.15, 0.2) is 88.6 Å². The lowest BCUT2D eigenvalue weighted by atomic mass is 9.92. The van der Waals surface area contributed by atoms with Crippen molar-refractivity contribution in [2.75, 3.05) is 26.2 Å². The van der Waals surface area contributed by atoms with Crippen LogP contribution in [0, 0.1) is 6.92 Å². The number of rotatable bonds is 7. The molecule has 2 aliphatic heterocycles. The van der Waals surface area contributed by atoms with E-state index < -0.39 is 5.54 Å². The van der Waals surface area contributed by atoms with Crippen LogP contribution in [0.3, 0.4) is 0 Å². The molecule has 7 heteroatoms. The summed E-state index contributed by atoms with van der Waals surface area (Å²) in [7, 11) is 0. The van der Waals surface area contributed by atoms with E-state index in [4.69, 9.17) is 4.99 Å². The van der Waals surface area contributed by atoms with Crippen molar-refractivity contribution >= 4 is 22.8 Å². The molecule has 1 atom stereocenters. The minimum absolute atomic E-state index is 0.0217. The third-order valence-electron chi connectivity index (χ3n) is 8.29. The lowest BCUT2D eigenvalue weighted by Crippen LogP contribution is -2.42. The fourth-order valence-corrected chi connectivity index (χ4v) is 6.05. The Labute approximate surface area is 228 Å². The maximum Gasteiger partial charge on any atom is 0.326 e. The van der Waals surface area contributed by atoms with Crippen LogP contribution in [0.5, 0.6) is 0 Å².